The van der Waals surface area contributed by atoms with Crippen LogP contribution < -0.4 is 5.32 Å². The molecule has 1 unspecified atom stereocenters. The van der Waals surface area contributed by atoms with Gasteiger partial charge in [0.1, 0.15) is 6.04 Å². The van der Waals surface area contributed by atoms with Gasteiger partial charge in [-0.1, -0.05) is 20.8 Å². The van der Waals surface area contributed by atoms with E-state index in [1.54, 1.807) is 12.4 Å². The van der Waals surface area contributed by atoms with Crippen LogP contribution in [-0.4, -0.2) is 30.0 Å². The monoisotopic (exact) mass is 278 g/mol. The number of carbonyl (C=O) groups is 2. The number of aryl methyl sites for hydroxylation is 1. The van der Waals surface area contributed by atoms with Gasteiger partial charge >= 0.3 is 5.97 Å². The van der Waals surface area contributed by atoms with Crippen molar-refractivity contribution in [1.29, 1.82) is 0 Å². The third kappa shape index (κ3) is 4.99. The van der Waals surface area contributed by atoms with E-state index in [0.717, 1.165) is 5.56 Å². The molecule has 0 radical (unpaired) electrons. The van der Waals surface area contributed by atoms with E-state index in [2.05, 4.69) is 10.3 Å². The third-order valence-corrected chi connectivity index (χ3v) is 3.00. The van der Waals surface area contributed by atoms with Gasteiger partial charge in [-0.3, -0.25) is 9.78 Å². The minimum absolute atomic E-state index is 0.160. The summed E-state index contributed by atoms with van der Waals surface area (Å²) in [6.07, 6.45) is 4.33. The first-order chi connectivity index (χ1) is 9.34. The van der Waals surface area contributed by atoms with E-state index in [-0.39, 0.29) is 11.3 Å². The van der Waals surface area contributed by atoms with Crippen LogP contribution in [0.1, 0.15) is 32.8 Å². The van der Waals surface area contributed by atoms with Crippen molar-refractivity contribution in [2.75, 3.05) is 7.11 Å². The summed E-state index contributed by atoms with van der Waals surface area (Å²) < 4.78 is 4.74. The molecule has 1 atom stereocenters. The van der Waals surface area contributed by atoms with Crippen molar-refractivity contribution in [2.45, 2.75) is 39.7 Å². The predicted molar refractivity (Wildman–Crippen MR) is 76.0 cm³/mol. The number of esters is 1. The number of rotatable bonds is 5. The molecule has 0 aromatic carbocycles. The van der Waals surface area contributed by atoms with Crippen LogP contribution in [0.5, 0.6) is 0 Å². The molecule has 110 valence electrons. The normalized spacial score (nSPS) is 12.6. The highest BCUT2D eigenvalue weighted by molar-refractivity contribution is 5.85. The molecule has 1 N–H and O–H groups in total. The largest absolute Gasteiger partial charge is 0.467 e. The molecule has 1 heterocycles. The second-order valence-electron chi connectivity index (χ2n) is 5.75. The zero-order valence-corrected chi connectivity index (χ0v) is 12.5. The van der Waals surface area contributed by atoms with Crippen LogP contribution in [0, 0.1) is 5.41 Å². The maximum atomic E-state index is 12.0. The molecule has 0 aliphatic heterocycles. The third-order valence-electron chi connectivity index (χ3n) is 3.00. The van der Waals surface area contributed by atoms with E-state index in [4.69, 9.17) is 4.74 Å². The fourth-order valence-electron chi connectivity index (χ4n) is 1.79. The Morgan fingerprint density at radius 3 is 2.40 bits per heavy atom. The highest BCUT2D eigenvalue weighted by Gasteiger charge is 2.33. The van der Waals surface area contributed by atoms with Gasteiger partial charge in [0.25, 0.3) is 0 Å². The van der Waals surface area contributed by atoms with Gasteiger partial charge in [-0.2, -0.15) is 0 Å². The van der Waals surface area contributed by atoms with E-state index in [0.29, 0.717) is 12.8 Å². The van der Waals surface area contributed by atoms with Gasteiger partial charge < -0.3 is 10.1 Å². The van der Waals surface area contributed by atoms with Gasteiger partial charge in [0, 0.05) is 18.8 Å². The second-order valence-corrected chi connectivity index (χ2v) is 5.75. The van der Waals surface area contributed by atoms with Crippen LogP contribution in [-0.2, 0) is 20.7 Å². The van der Waals surface area contributed by atoms with Crippen molar-refractivity contribution in [1.82, 2.24) is 10.3 Å². The van der Waals surface area contributed by atoms with Crippen LogP contribution in [0.4, 0.5) is 0 Å². The van der Waals surface area contributed by atoms with Gasteiger partial charge in [0.05, 0.1) is 7.11 Å². The molecule has 1 rings (SSSR count). The summed E-state index contributed by atoms with van der Waals surface area (Å²) in [6, 6.07) is 3.10. The number of carbonyl (C=O) groups excluding carboxylic acids is 2. The first kappa shape index (κ1) is 16.1. The highest BCUT2D eigenvalue weighted by atomic mass is 16.5. The minimum atomic E-state index is -0.641. The average molecular weight is 278 g/mol. The van der Waals surface area contributed by atoms with Gasteiger partial charge in [0.15, 0.2) is 0 Å². The maximum Gasteiger partial charge on any atom is 0.328 e. The topological polar surface area (TPSA) is 68.3 Å². The summed E-state index contributed by atoms with van der Waals surface area (Å²) in [4.78, 5) is 27.6. The number of hydrogen-bond acceptors (Lipinski definition) is 4. The maximum absolute atomic E-state index is 12.0. The Kier molecular flexibility index (Phi) is 5.67. The Balaban J connectivity index is 2.57. The molecule has 1 amide bonds. The van der Waals surface area contributed by atoms with Crippen molar-refractivity contribution >= 4 is 11.9 Å². The van der Waals surface area contributed by atoms with Crippen molar-refractivity contribution in [3.8, 4) is 0 Å². The van der Waals surface area contributed by atoms with E-state index < -0.39 is 12.0 Å². The Hall–Kier alpha value is -1.91. The lowest BCUT2D eigenvalue weighted by atomic mass is 9.86. The standard InChI is InChI=1S/C15H22N2O3/c1-15(2,3)13(14(19)20-4)17-12(18)6-5-11-7-9-16-10-8-11/h7-10,13H,5-6H2,1-4H3,(H,17,18). The van der Waals surface area contributed by atoms with Gasteiger partial charge in [-0.05, 0) is 29.5 Å². The molecule has 0 bridgehead atoms. The highest BCUT2D eigenvalue weighted by Crippen LogP contribution is 2.20. The van der Waals surface area contributed by atoms with Crippen LogP contribution in [0.3, 0.4) is 0 Å². The van der Waals surface area contributed by atoms with Crippen molar-refractivity contribution in [3.05, 3.63) is 30.1 Å². The van der Waals surface area contributed by atoms with Crippen LogP contribution in [0.25, 0.3) is 0 Å². The summed E-state index contributed by atoms with van der Waals surface area (Å²) in [6.45, 7) is 5.66. The number of ether oxygens (including phenoxy) is 1. The number of nitrogens with one attached hydrogen (secondary N) is 1. The van der Waals surface area contributed by atoms with E-state index in [1.807, 2.05) is 32.9 Å². The average Bonchev–Trinajstić information content (AvgIpc) is 2.41. The molecule has 0 fully saturated rings. The quantitative estimate of drug-likeness (QED) is 0.833. The summed E-state index contributed by atoms with van der Waals surface area (Å²) in [5, 5.41) is 2.75. The molecule has 0 aliphatic carbocycles. The lowest BCUT2D eigenvalue weighted by molar-refractivity contribution is -0.148. The Morgan fingerprint density at radius 2 is 1.90 bits per heavy atom. The van der Waals surface area contributed by atoms with Gasteiger partial charge in [-0.25, -0.2) is 4.79 Å². The number of nitrogens with zero attached hydrogens (tertiary/aromatic N) is 1. The minimum Gasteiger partial charge on any atom is -0.467 e. The Bertz CT molecular complexity index is 452. The van der Waals surface area contributed by atoms with Crippen LogP contribution in [0.15, 0.2) is 24.5 Å². The van der Waals surface area contributed by atoms with E-state index in [9.17, 15) is 9.59 Å². The molecular formula is C15H22N2O3. The fraction of sp³-hybridized carbons (Fsp3) is 0.533. The SMILES string of the molecule is COC(=O)C(NC(=O)CCc1ccncc1)C(C)(C)C. The molecular weight excluding hydrogens is 256 g/mol. The van der Waals surface area contributed by atoms with Crippen LogP contribution >= 0.6 is 0 Å². The smallest absolute Gasteiger partial charge is 0.328 e. The molecule has 20 heavy (non-hydrogen) atoms. The fourth-order valence-corrected chi connectivity index (χ4v) is 1.79. The Morgan fingerprint density at radius 1 is 1.30 bits per heavy atom. The summed E-state index contributed by atoms with van der Waals surface area (Å²) in [5.41, 5.74) is 0.653. The summed E-state index contributed by atoms with van der Waals surface area (Å²) >= 11 is 0. The summed E-state index contributed by atoms with van der Waals surface area (Å²) in [5.74, 6) is -0.582. The predicted octanol–water partition coefficient (Wildman–Crippen LogP) is 1.72. The number of methoxy groups -OCH3 is 1. The van der Waals surface area contributed by atoms with E-state index in [1.165, 1.54) is 7.11 Å². The number of aromatic nitrogens is 1. The lowest BCUT2D eigenvalue weighted by Crippen LogP contribution is -2.49. The molecule has 5 heteroatoms. The zero-order valence-electron chi connectivity index (χ0n) is 12.5. The molecule has 0 saturated heterocycles. The zero-order chi connectivity index (χ0) is 15.2. The number of amides is 1. The first-order valence-electron chi connectivity index (χ1n) is 6.60. The molecule has 0 aliphatic rings. The van der Waals surface area contributed by atoms with Crippen molar-refractivity contribution < 1.29 is 14.3 Å². The number of pyridine rings is 1. The van der Waals surface area contributed by atoms with Crippen molar-refractivity contribution in [3.63, 3.8) is 0 Å². The second kappa shape index (κ2) is 7.03. The first-order valence-corrected chi connectivity index (χ1v) is 6.60. The van der Waals surface area contributed by atoms with Gasteiger partial charge in [0.2, 0.25) is 5.91 Å². The summed E-state index contributed by atoms with van der Waals surface area (Å²) in [7, 11) is 1.32. The van der Waals surface area contributed by atoms with Crippen LogP contribution in [0.2, 0.25) is 0 Å². The van der Waals surface area contributed by atoms with E-state index >= 15 is 0 Å². The molecule has 5 nitrogen and oxygen atoms in total. The molecule has 1 aromatic heterocycles. The number of hydrogen-bond donors (Lipinski definition) is 1. The van der Waals surface area contributed by atoms with Crippen molar-refractivity contribution in [2.24, 2.45) is 5.41 Å². The Labute approximate surface area is 119 Å². The molecule has 0 saturated carbocycles. The molecule has 1 aromatic rings. The van der Waals surface area contributed by atoms with Gasteiger partial charge in [-0.15, -0.1) is 0 Å². The lowest BCUT2D eigenvalue weighted by Gasteiger charge is -2.29. The molecule has 0 spiro atoms.